The van der Waals surface area contributed by atoms with Gasteiger partial charge in [-0.25, -0.2) is 0 Å². The van der Waals surface area contributed by atoms with E-state index in [4.69, 9.17) is 0 Å². The minimum absolute atomic E-state index is 0.837. The smallest absolute Gasteiger partial charge is 0.0702 e. The summed E-state index contributed by atoms with van der Waals surface area (Å²) in [7, 11) is 0. The molecule has 3 heteroatoms. The fraction of sp³-hybridized carbons (Fsp3) is 0.125. The molecule has 0 spiro atoms. The van der Waals surface area contributed by atoms with Gasteiger partial charge in [-0.15, -0.1) is 0 Å². The number of anilines is 3. The zero-order valence-corrected chi connectivity index (χ0v) is 20.9. The number of nitrogens with zero attached hydrogens (tertiary/aromatic N) is 3. The largest absolute Gasteiger partial charge is 0.310 e. The van der Waals surface area contributed by atoms with Gasteiger partial charge in [-0.05, 0) is 81.3 Å². The van der Waals surface area contributed by atoms with Gasteiger partial charge < -0.3 is 4.90 Å². The van der Waals surface area contributed by atoms with Crippen LogP contribution in [0.15, 0.2) is 115 Å². The zero-order valence-electron chi connectivity index (χ0n) is 20.9. The van der Waals surface area contributed by atoms with Crippen LogP contribution in [0.2, 0.25) is 0 Å². The van der Waals surface area contributed by atoms with E-state index in [0.29, 0.717) is 0 Å². The molecule has 1 heterocycles. The number of hydrogen-bond donors (Lipinski definition) is 0. The predicted molar refractivity (Wildman–Crippen MR) is 150 cm³/mol. The first-order chi connectivity index (χ1) is 17.0. The quantitative estimate of drug-likeness (QED) is 0.260. The molecule has 0 atom stereocenters. The molecule has 0 unspecified atom stereocenters. The van der Waals surface area contributed by atoms with Crippen molar-refractivity contribution in [3.05, 3.63) is 132 Å². The monoisotopic (exact) mass is 457 g/mol. The van der Waals surface area contributed by atoms with Crippen molar-refractivity contribution in [2.75, 3.05) is 4.90 Å². The lowest BCUT2D eigenvalue weighted by Crippen LogP contribution is -2.14. The van der Waals surface area contributed by atoms with E-state index in [-0.39, 0.29) is 0 Å². The molecule has 3 aromatic carbocycles. The molecule has 0 saturated heterocycles. The second-order valence-electron chi connectivity index (χ2n) is 8.60. The van der Waals surface area contributed by atoms with Crippen LogP contribution in [0.1, 0.15) is 29.2 Å². The van der Waals surface area contributed by atoms with Gasteiger partial charge in [0.25, 0.3) is 0 Å². The number of pyridine rings is 1. The maximum absolute atomic E-state index is 4.57. The molecule has 0 saturated carbocycles. The lowest BCUT2D eigenvalue weighted by Gasteiger charge is -2.29. The number of hydrogen-bond acceptors (Lipinski definition) is 3. The summed E-state index contributed by atoms with van der Waals surface area (Å²) in [6.45, 7) is 12.4. The number of allylic oxidation sites excluding steroid dienone is 2. The lowest BCUT2D eigenvalue weighted by atomic mass is 10.0. The molecule has 3 nitrogen and oxygen atoms in total. The van der Waals surface area contributed by atoms with Crippen molar-refractivity contribution >= 4 is 22.8 Å². The van der Waals surface area contributed by atoms with Crippen LogP contribution in [-0.4, -0.2) is 10.7 Å². The summed E-state index contributed by atoms with van der Waals surface area (Å²) in [5.74, 6) is 0. The maximum Gasteiger partial charge on any atom is 0.0702 e. The second-order valence-corrected chi connectivity index (χ2v) is 8.60. The lowest BCUT2D eigenvalue weighted by molar-refractivity contribution is 1.20. The van der Waals surface area contributed by atoms with Crippen molar-refractivity contribution in [3.8, 4) is 11.3 Å². The van der Waals surface area contributed by atoms with E-state index >= 15 is 0 Å². The first-order valence-electron chi connectivity index (χ1n) is 11.8. The van der Waals surface area contributed by atoms with Gasteiger partial charge in [0.2, 0.25) is 0 Å². The Morgan fingerprint density at radius 3 is 2.23 bits per heavy atom. The van der Waals surface area contributed by atoms with Gasteiger partial charge in [-0.2, -0.15) is 0 Å². The number of aliphatic imine (C=N–C) groups is 1. The highest BCUT2D eigenvalue weighted by atomic mass is 15.1. The van der Waals surface area contributed by atoms with Crippen LogP contribution >= 0.6 is 0 Å². The Balaban J connectivity index is 1.93. The topological polar surface area (TPSA) is 28.5 Å². The van der Waals surface area contributed by atoms with E-state index < -0.39 is 0 Å². The van der Waals surface area contributed by atoms with Crippen LogP contribution in [-0.2, 0) is 0 Å². The SMILES string of the molecule is C=CC(=N/C=C\C)c1cccc(N(c2cccc(-c3ccccn3)c2)c2c(C)cc(C)cc2C)c1. The molecular formula is C32H31N3. The average Bonchev–Trinajstić information content (AvgIpc) is 2.87. The highest BCUT2D eigenvalue weighted by Gasteiger charge is 2.19. The molecule has 174 valence electrons. The number of benzene rings is 3. The van der Waals surface area contributed by atoms with Crippen molar-refractivity contribution in [2.45, 2.75) is 27.7 Å². The molecule has 4 aromatic rings. The van der Waals surface area contributed by atoms with E-state index in [0.717, 1.165) is 33.9 Å². The van der Waals surface area contributed by atoms with Crippen LogP contribution in [0, 0.1) is 20.8 Å². The van der Waals surface area contributed by atoms with Crippen LogP contribution in [0.25, 0.3) is 11.3 Å². The van der Waals surface area contributed by atoms with Crippen molar-refractivity contribution < 1.29 is 0 Å². The second kappa shape index (κ2) is 10.8. The van der Waals surface area contributed by atoms with Crippen molar-refractivity contribution in [1.29, 1.82) is 0 Å². The molecule has 0 aliphatic heterocycles. The summed E-state index contributed by atoms with van der Waals surface area (Å²) in [6, 6.07) is 27.5. The molecule has 0 N–H and O–H groups in total. The van der Waals surface area contributed by atoms with E-state index in [2.05, 4.69) is 103 Å². The normalized spacial score (nSPS) is 11.6. The first-order valence-corrected chi connectivity index (χ1v) is 11.8. The molecule has 0 fully saturated rings. The van der Waals surface area contributed by atoms with Crippen molar-refractivity contribution in [3.63, 3.8) is 0 Å². The third kappa shape index (κ3) is 5.30. The van der Waals surface area contributed by atoms with E-state index in [1.54, 1.807) is 12.3 Å². The Bertz CT molecular complexity index is 1370. The van der Waals surface area contributed by atoms with Gasteiger partial charge in [0.05, 0.1) is 17.1 Å². The van der Waals surface area contributed by atoms with Gasteiger partial charge >= 0.3 is 0 Å². The molecule has 0 amide bonds. The molecular weight excluding hydrogens is 426 g/mol. The minimum Gasteiger partial charge on any atom is -0.310 e. The molecule has 35 heavy (non-hydrogen) atoms. The number of rotatable bonds is 7. The fourth-order valence-corrected chi connectivity index (χ4v) is 4.47. The van der Waals surface area contributed by atoms with Crippen LogP contribution in [0.5, 0.6) is 0 Å². The number of aryl methyl sites for hydroxylation is 3. The Labute approximate surface area is 208 Å². The average molecular weight is 458 g/mol. The number of aromatic nitrogens is 1. The molecule has 0 aliphatic carbocycles. The predicted octanol–water partition coefficient (Wildman–Crippen LogP) is 8.65. The Kier molecular flexibility index (Phi) is 7.37. The van der Waals surface area contributed by atoms with Crippen LogP contribution < -0.4 is 4.90 Å². The Morgan fingerprint density at radius 2 is 1.57 bits per heavy atom. The third-order valence-electron chi connectivity index (χ3n) is 5.88. The highest BCUT2D eigenvalue weighted by Crippen LogP contribution is 2.40. The summed E-state index contributed by atoms with van der Waals surface area (Å²) in [6.07, 6.45) is 7.35. The minimum atomic E-state index is 0.837. The first kappa shape index (κ1) is 23.9. The van der Waals surface area contributed by atoms with E-state index in [1.165, 1.54) is 22.4 Å². The molecule has 0 bridgehead atoms. The van der Waals surface area contributed by atoms with E-state index in [1.807, 2.05) is 37.4 Å². The maximum atomic E-state index is 4.57. The Hall–Kier alpha value is -4.24. The molecule has 4 rings (SSSR count). The summed E-state index contributed by atoms with van der Waals surface area (Å²) in [4.78, 5) is 11.5. The van der Waals surface area contributed by atoms with Gasteiger partial charge in [-0.1, -0.05) is 60.7 Å². The van der Waals surface area contributed by atoms with Gasteiger partial charge in [0, 0.05) is 34.9 Å². The van der Waals surface area contributed by atoms with Gasteiger partial charge in [-0.3, -0.25) is 9.98 Å². The van der Waals surface area contributed by atoms with Crippen LogP contribution in [0.3, 0.4) is 0 Å². The summed E-state index contributed by atoms with van der Waals surface area (Å²) >= 11 is 0. The van der Waals surface area contributed by atoms with Crippen LogP contribution in [0.4, 0.5) is 17.1 Å². The summed E-state index contributed by atoms with van der Waals surface area (Å²) < 4.78 is 0. The zero-order chi connectivity index (χ0) is 24.8. The van der Waals surface area contributed by atoms with E-state index in [9.17, 15) is 0 Å². The van der Waals surface area contributed by atoms with Gasteiger partial charge in [0.15, 0.2) is 0 Å². The molecule has 0 radical (unpaired) electrons. The molecule has 1 aromatic heterocycles. The van der Waals surface area contributed by atoms with Crippen molar-refractivity contribution in [2.24, 2.45) is 4.99 Å². The standard InChI is InChI=1S/C32H31N3/c1-6-17-33-30(7-2)26-12-10-14-28(21-26)35(32-24(4)19-23(3)20-25(32)5)29-15-11-13-27(22-29)31-16-8-9-18-34-31/h6-22H,2H2,1,3-5H3/b17-6-,33-30?. The summed E-state index contributed by atoms with van der Waals surface area (Å²) in [5, 5.41) is 0. The molecule has 0 aliphatic rings. The fourth-order valence-electron chi connectivity index (χ4n) is 4.47. The Morgan fingerprint density at radius 1 is 0.857 bits per heavy atom. The highest BCUT2D eigenvalue weighted by molar-refractivity contribution is 6.09. The van der Waals surface area contributed by atoms with Gasteiger partial charge in [0.1, 0.15) is 0 Å². The third-order valence-corrected chi connectivity index (χ3v) is 5.88. The summed E-state index contributed by atoms with van der Waals surface area (Å²) in [5.41, 5.74) is 10.9. The van der Waals surface area contributed by atoms with Crippen molar-refractivity contribution in [1.82, 2.24) is 4.98 Å².